The van der Waals surface area contributed by atoms with E-state index in [0.29, 0.717) is 10.8 Å². The minimum atomic E-state index is -4.42. The number of phenols is 1. The average Bonchev–Trinajstić information content (AvgIpc) is 2.83. The first kappa shape index (κ1) is 43.8. The molecule has 0 aromatic heterocycles. The Morgan fingerprint density at radius 2 is 1.00 bits per heavy atom. The van der Waals surface area contributed by atoms with Gasteiger partial charge in [0.2, 0.25) is 0 Å². The molecule has 4 N–H and O–H groups in total. The number of nitrogens with two attached hydrogens (primary N) is 1. The van der Waals surface area contributed by atoms with Gasteiger partial charge in [-0.15, -0.1) is 12.6 Å². The molecule has 18 heteroatoms. The van der Waals surface area contributed by atoms with Crippen molar-refractivity contribution in [3.05, 3.63) is 72.8 Å². The van der Waals surface area contributed by atoms with Crippen molar-refractivity contribution in [2.24, 2.45) is 5.73 Å². The summed E-state index contributed by atoms with van der Waals surface area (Å²) in [4.78, 5) is -0.460. The van der Waals surface area contributed by atoms with Gasteiger partial charge in [-0.05, 0) is 77.1 Å². The minimum Gasteiger partial charge on any atom is -1.00 e. The second kappa shape index (κ2) is 20.3. The molecule has 0 unspecified atom stereocenters. The summed E-state index contributed by atoms with van der Waals surface area (Å²) in [6.07, 6.45) is 0. The number of hydrogen-bond acceptors (Lipinski definition) is 12. The van der Waals surface area contributed by atoms with E-state index in [2.05, 4.69) is 11.1 Å². The Bertz CT molecular complexity index is 1720. The van der Waals surface area contributed by atoms with Crippen LogP contribution in [0.4, 0.5) is 5.69 Å². The summed E-state index contributed by atoms with van der Waals surface area (Å²) >= 11 is 0. The van der Waals surface area contributed by atoms with Crippen LogP contribution in [0, 0.1) is 0 Å². The number of rotatable bonds is 3. The monoisotopic (exact) mass is 640 g/mol. The summed E-state index contributed by atoms with van der Waals surface area (Å²) in [5, 5.41) is 15.1. The Kier molecular flexibility index (Phi) is 22.3. The Hall–Kier alpha value is -0.600. The molecule has 0 saturated carbocycles. The van der Waals surface area contributed by atoms with Gasteiger partial charge in [0, 0.05) is 12.7 Å². The molecule has 0 bridgehead atoms. The van der Waals surface area contributed by atoms with Gasteiger partial charge in [-0.2, -0.15) is 0 Å². The summed E-state index contributed by atoms with van der Waals surface area (Å²) < 4.78 is 90.0. The van der Waals surface area contributed by atoms with E-state index in [9.17, 15) is 31.0 Å². The van der Waals surface area contributed by atoms with E-state index in [1.54, 1.807) is 25.2 Å². The molecule has 4 rings (SSSR count). The van der Waals surface area contributed by atoms with Crippen LogP contribution in [0.2, 0.25) is 0 Å². The third-order valence-corrected chi connectivity index (χ3v) is 6.14. The molecule has 0 aliphatic carbocycles. The van der Waals surface area contributed by atoms with Gasteiger partial charge in [0.15, 0.2) is 0 Å². The van der Waals surface area contributed by atoms with Gasteiger partial charge < -0.3 is 26.7 Å². The van der Waals surface area contributed by atoms with Crippen LogP contribution in [0.25, 0.3) is 21.5 Å². The Morgan fingerprint density at radius 1 is 0.675 bits per heavy atom. The molecule has 0 radical (unpaired) electrons. The molecule has 202 valence electrons. The standard InChI is InChI=1S/C11H11NO3S.C10H8O4S.CH5N.3Na.O3S.H/c1-12-10-4-2-9-7-11(16(13,14)15)5-3-8(9)6-10;11-9-3-1-8-6-10(15(12,13)14)4-2-7(8)5-9;1-2;;;;1-4(2)3;/h2-7,12H,1H3,(H,13,14,15);1-6,11H,(H,12,13,14);2H2,1H3;;;;;/q;;;3*+1;;-1/p-2. The average molecular weight is 641 g/mol. The maximum absolute atomic E-state index is 10.8. The van der Waals surface area contributed by atoms with Gasteiger partial charge >= 0.3 is 99.3 Å². The van der Waals surface area contributed by atoms with Gasteiger partial charge in [-0.25, -0.2) is 16.8 Å². The van der Waals surface area contributed by atoms with E-state index < -0.39 is 30.8 Å². The fraction of sp³-hybridized carbons (Fsp3) is 0.0909. The molecule has 0 amide bonds. The van der Waals surface area contributed by atoms with Gasteiger partial charge in [-0.1, -0.05) is 24.3 Å². The van der Waals surface area contributed by atoms with Crippen LogP contribution in [-0.4, -0.2) is 57.8 Å². The number of benzene rings is 4. The van der Waals surface area contributed by atoms with Crippen LogP contribution in [0.1, 0.15) is 1.43 Å². The van der Waals surface area contributed by atoms with Crippen molar-refractivity contribution in [3.8, 4) is 5.75 Å². The van der Waals surface area contributed by atoms with Crippen molar-refractivity contribution in [2.75, 3.05) is 19.4 Å². The first-order chi connectivity index (χ1) is 17.2. The van der Waals surface area contributed by atoms with E-state index in [-0.39, 0.29) is 106 Å². The van der Waals surface area contributed by atoms with Crippen LogP contribution in [-0.2, 0) is 30.8 Å². The number of hydrogen-bond donors (Lipinski definition) is 3. The van der Waals surface area contributed by atoms with Gasteiger partial charge in [-0.3, -0.25) is 0 Å². The van der Waals surface area contributed by atoms with Crippen LogP contribution in [0.3, 0.4) is 0 Å². The quantitative estimate of drug-likeness (QED) is 0.140. The Balaban J connectivity index is -0.000000259. The van der Waals surface area contributed by atoms with E-state index in [4.69, 9.17) is 12.6 Å². The third-order valence-electron chi connectivity index (χ3n) is 4.47. The molecular weight excluding hydrogens is 617 g/mol. The van der Waals surface area contributed by atoms with Gasteiger partial charge in [0.05, 0.1) is 9.79 Å². The van der Waals surface area contributed by atoms with Crippen LogP contribution < -0.4 is 99.7 Å². The normalized spacial score (nSPS) is 9.82. The second-order valence-electron chi connectivity index (χ2n) is 6.78. The van der Waals surface area contributed by atoms with Gasteiger partial charge in [0.1, 0.15) is 26.0 Å². The Morgan fingerprint density at radius 3 is 1.38 bits per heavy atom. The molecule has 0 atom stereocenters. The van der Waals surface area contributed by atoms with Crippen LogP contribution >= 0.6 is 0 Å². The first-order valence-electron chi connectivity index (χ1n) is 9.91. The van der Waals surface area contributed by atoms with Crippen molar-refractivity contribution >= 4 is 58.1 Å². The number of aromatic hydroxyl groups is 1. The number of nitrogens with one attached hydrogen (secondary N) is 1. The molecule has 0 fully saturated rings. The number of fused-ring (bicyclic) bond motifs is 2. The minimum absolute atomic E-state index is 0. The van der Waals surface area contributed by atoms with Gasteiger partial charge in [0.25, 0.3) is 0 Å². The molecule has 0 spiro atoms. The van der Waals surface area contributed by atoms with E-state index >= 15 is 0 Å². The molecule has 4 aromatic rings. The van der Waals surface area contributed by atoms with Crippen molar-refractivity contribution in [1.29, 1.82) is 0 Å². The van der Waals surface area contributed by atoms with E-state index in [1.807, 2.05) is 12.1 Å². The topological polar surface area (TPSA) is 224 Å². The summed E-state index contributed by atoms with van der Waals surface area (Å²) in [6, 6.07) is 18.3. The van der Waals surface area contributed by atoms with Crippen molar-refractivity contribution in [1.82, 2.24) is 0 Å². The van der Waals surface area contributed by atoms with Crippen LogP contribution in [0.15, 0.2) is 82.6 Å². The van der Waals surface area contributed by atoms with E-state index in [0.717, 1.165) is 16.5 Å². The Labute approximate surface area is 301 Å². The first-order valence-corrected chi connectivity index (χ1v) is 13.7. The molecule has 0 aliphatic rings. The maximum atomic E-state index is 10.8. The molecule has 4 aromatic carbocycles. The molecule has 12 nitrogen and oxygen atoms in total. The second-order valence-corrected chi connectivity index (χ2v) is 9.95. The zero-order valence-corrected chi connectivity index (χ0v) is 30.8. The predicted molar refractivity (Wildman–Crippen MR) is 136 cm³/mol. The van der Waals surface area contributed by atoms with E-state index in [1.165, 1.54) is 49.5 Å². The molecule has 40 heavy (non-hydrogen) atoms. The number of phenolic OH excluding ortho intramolecular Hbond substituents is 1. The largest absolute Gasteiger partial charge is 1.00 e. The smallest absolute Gasteiger partial charge is 1.00 e. The number of anilines is 1. The summed E-state index contributed by atoms with van der Waals surface area (Å²) in [7, 11) is -8.60. The molecule has 0 aliphatic heterocycles. The summed E-state index contributed by atoms with van der Waals surface area (Å²) in [6.45, 7) is 0. The van der Waals surface area contributed by atoms with Crippen molar-refractivity contribution in [2.45, 2.75) is 9.79 Å². The molecule has 0 heterocycles. The SMILES string of the molecule is CN.CNc1ccc2cc(S(=O)(=O)[O-])ccc2c1.O=S(=O)([O-])c1ccc2cc(O)ccc2c1.O=S(=O)=O.[H-].[Na+].[Na+].[Na+]. The third kappa shape index (κ3) is 15.0. The van der Waals surface area contributed by atoms with Crippen molar-refractivity contribution in [3.63, 3.8) is 0 Å². The zero-order chi connectivity index (χ0) is 28.4. The maximum Gasteiger partial charge on any atom is 1.00 e. The fourth-order valence-corrected chi connectivity index (χ4v) is 3.91. The fourth-order valence-electron chi connectivity index (χ4n) is 2.90. The predicted octanol–water partition coefficient (Wildman–Crippen LogP) is -7.07. The molecule has 0 saturated heterocycles. The summed E-state index contributed by atoms with van der Waals surface area (Å²) in [5.41, 5.74) is 5.44. The summed E-state index contributed by atoms with van der Waals surface area (Å²) in [5.74, 6) is 0.0974. The zero-order valence-electron chi connectivity index (χ0n) is 23.4. The van der Waals surface area contributed by atoms with Crippen LogP contribution in [0.5, 0.6) is 5.75 Å². The molecular formula is C22H23N2Na3O10S3. The van der Waals surface area contributed by atoms with Crippen molar-refractivity contribution < 1.29 is 134 Å².